The molecule has 168 valence electrons. The minimum atomic E-state index is -0.299. The van der Waals surface area contributed by atoms with Crippen LogP contribution in [0.1, 0.15) is 6.42 Å². The first-order valence-electron chi connectivity index (χ1n) is 11.1. The number of piperazine rings is 1. The third kappa shape index (κ3) is 4.61. The minimum Gasteiger partial charge on any atom is -0.353 e. The zero-order valence-electron chi connectivity index (χ0n) is 18.1. The molecule has 33 heavy (non-hydrogen) atoms. The molecule has 0 saturated carbocycles. The fourth-order valence-electron chi connectivity index (χ4n) is 4.47. The van der Waals surface area contributed by atoms with Gasteiger partial charge in [0, 0.05) is 60.9 Å². The highest BCUT2D eigenvalue weighted by Gasteiger charge is 2.38. The van der Waals surface area contributed by atoms with E-state index in [2.05, 4.69) is 30.8 Å². The monoisotopic (exact) mass is 505 g/mol. The summed E-state index contributed by atoms with van der Waals surface area (Å²) in [5.41, 5.74) is 2.76. The van der Waals surface area contributed by atoms with Crippen LogP contribution < -0.4 is 9.80 Å². The van der Waals surface area contributed by atoms with Gasteiger partial charge in [-0.3, -0.25) is 9.59 Å². The summed E-state index contributed by atoms with van der Waals surface area (Å²) in [7, 11) is 0. The van der Waals surface area contributed by atoms with Crippen molar-refractivity contribution in [2.45, 2.75) is 6.42 Å². The van der Waals surface area contributed by atoms with Gasteiger partial charge in [0.2, 0.25) is 11.8 Å². The van der Waals surface area contributed by atoms with Crippen LogP contribution in [0.2, 0.25) is 0 Å². The Labute approximate surface area is 201 Å². The molecule has 2 fully saturated rings. The molecule has 1 aromatic heterocycles. The zero-order valence-corrected chi connectivity index (χ0v) is 19.7. The standard InChI is InChI=1S/C25H24BrN5O2/c26-20-7-4-8-21(14-20)31-16-19(13-24(31)32)25(33)30-11-9-29(10-12-30)23-15-22(27-17-28-23)18-5-2-1-3-6-18/h1-8,14-15,17,19H,9-13,16H2. The van der Waals surface area contributed by atoms with E-state index in [4.69, 9.17) is 0 Å². The average molecular weight is 506 g/mol. The molecule has 0 radical (unpaired) electrons. The molecule has 8 heteroatoms. The summed E-state index contributed by atoms with van der Waals surface area (Å²) in [4.78, 5) is 40.4. The SMILES string of the molecule is O=C(C1CC(=O)N(c2cccc(Br)c2)C1)N1CCN(c2cc(-c3ccccc3)ncn2)CC1. The lowest BCUT2D eigenvalue weighted by Crippen LogP contribution is -2.51. The number of benzene rings is 2. The highest BCUT2D eigenvalue weighted by atomic mass is 79.9. The Balaban J connectivity index is 1.21. The summed E-state index contributed by atoms with van der Waals surface area (Å²) >= 11 is 3.45. The number of nitrogens with zero attached hydrogens (tertiary/aromatic N) is 5. The van der Waals surface area contributed by atoms with E-state index in [1.165, 1.54) is 0 Å². The maximum atomic E-state index is 13.2. The first kappa shape index (κ1) is 21.6. The third-order valence-electron chi connectivity index (χ3n) is 6.23. The van der Waals surface area contributed by atoms with Gasteiger partial charge in [-0.1, -0.05) is 52.3 Å². The number of carbonyl (C=O) groups is 2. The molecule has 7 nitrogen and oxygen atoms in total. The maximum Gasteiger partial charge on any atom is 0.228 e. The zero-order chi connectivity index (χ0) is 22.8. The fraction of sp³-hybridized carbons (Fsp3) is 0.280. The van der Waals surface area contributed by atoms with Crippen LogP contribution in [0.5, 0.6) is 0 Å². The smallest absolute Gasteiger partial charge is 0.228 e. The summed E-state index contributed by atoms with van der Waals surface area (Å²) in [5, 5.41) is 0. The van der Waals surface area contributed by atoms with Gasteiger partial charge in [0.1, 0.15) is 12.1 Å². The van der Waals surface area contributed by atoms with Crippen molar-refractivity contribution in [2.24, 2.45) is 5.92 Å². The summed E-state index contributed by atoms with van der Waals surface area (Å²) in [6.45, 7) is 3.07. The second-order valence-corrected chi connectivity index (χ2v) is 9.24. The van der Waals surface area contributed by atoms with Crippen LogP contribution in [0, 0.1) is 5.92 Å². The Morgan fingerprint density at radius 1 is 0.939 bits per heavy atom. The lowest BCUT2D eigenvalue weighted by atomic mass is 10.1. The summed E-state index contributed by atoms with van der Waals surface area (Å²) in [6, 6.07) is 19.7. The molecule has 0 bridgehead atoms. The second kappa shape index (κ2) is 9.31. The molecule has 2 amide bonds. The van der Waals surface area contributed by atoms with Gasteiger partial charge < -0.3 is 14.7 Å². The molecule has 2 aromatic carbocycles. The molecule has 2 saturated heterocycles. The van der Waals surface area contributed by atoms with Gasteiger partial charge in [-0.05, 0) is 18.2 Å². The van der Waals surface area contributed by atoms with Crippen molar-refractivity contribution in [2.75, 3.05) is 42.5 Å². The first-order chi connectivity index (χ1) is 16.1. The normalized spacial score (nSPS) is 18.6. The van der Waals surface area contributed by atoms with E-state index < -0.39 is 0 Å². The molecular weight excluding hydrogens is 482 g/mol. The van der Waals surface area contributed by atoms with Crippen molar-refractivity contribution < 1.29 is 9.59 Å². The van der Waals surface area contributed by atoms with E-state index in [0.717, 1.165) is 27.2 Å². The van der Waals surface area contributed by atoms with Crippen LogP contribution in [0.15, 0.2) is 71.5 Å². The van der Waals surface area contributed by atoms with Crippen LogP contribution in [-0.2, 0) is 9.59 Å². The van der Waals surface area contributed by atoms with Crippen LogP contribution >= 0.6 is 15.9 Å². The van der Waals surface area contributed by atoms with Gasteiger partial charge in [0.15, 0.2) is 0 Å². The van der Waals surface area contributed by atoms with E-state index in [9.17, 15) is 9.59 Å². The number of hydrogen-bond acceptors (Lipinski definition) is 5. The number of halogens is 1. The molecule has 5 rings (SSSR count). The topological polar surface area (TPSA) is 69.6 Å². The van der Waals surface area contributed by atoms with Crippen molar-refractivity contribution in [1.82, 2.24) is 14.9 Å². The number of anilines is 2. The van der Waals surface area contributed by atoms with Crippen LogP contribution in [-0.4, -0.2) is 59.4 Å². The molecule has 0 aliphatic carbocycles. The van der Waals surface area contributed by atoms with Crippen molar-refractivity contribution in [3.05, 3.63) is 71.5 Å². The van der Waals surface area contributed by atoms with Gasteiger partial charge in [-0.2, -0.15) is 0 Å². The van der Waals surface area contributed by atoms with Crippen molar-refractivity contribution >= 4 is 39.2 Å². The summed E-state index contributed by atoms with van der Waals surface area (Å²) in [6.07, 6.45) is 1.85. The molecule has 2 aliphatic rings. The van der Waals surface area contributed by atoms with Crippen molar-refractivity contribution in [3.63, 3.8) is 0 Å². The summed E-state index contributed by atoms with van der Waals surface area (Å²) < 4.78 is 0.916. The third-order valence-corrected chi connectivity index (χ3v) is 6.72. The van der Waals surface area contributed by atoms with E-state index in [-0.39, 0.29) is 24.2 Å². The summed E-state index contributed by atoms with van der Waals surface area (Å²) in [5.74, 6) is 0.632. The van der Waals surface area contributed by atoms with Crippen LogP contribution in [0.4, 0.5) is 11.5 Å². The number of amides is 2. The van der Waals surface area contributed by atoms with Gasteiger partial charge >= 0.3 is 0 Å². The molecule has 3 aromatic rings. The first-order valence-corrected chi connectivity index (χ1v) is 11.8. The predicted octanol–water partition coefficient (Wildman–Crippen LogP) is 3.61. The fourth-order valence-corrected chi connectivity index (χ4v) is 4.85. The van der Waals surface area contributed by atoms with Crippen LogP contribution in [0.25, 0.3) is 11.3 Å². The van der Waals surface area contributed by atoms with Crippen LogP contribution in [0.3, 0.4) is 0 Å². The Hall–Kier alpha value is -3.26. The Morgan fingerprint density at radius 2 is 1.73 bits per heavy atom. The molecule has 0 spiro atoms. The Bertz CT molecular complexity index is 1160. The molecular formula is C25H24BrN5O2. The van der Waals surface area contributed by atoms with Gasteiger partial charge in [0.05, 0.1) is 11.6 Å². The van der Waals surface area contributed by atoms with E-state index >= 15 is 0 Å². The van der Waals surface area contributed by atoms with Crippen molar-refractivity contribution in [1.29, 1.82) is 0 Å². The maximum absolute atomic E-state index is 13.2. The predicted molar refractivity (Wildman–Crippen MR) is 131 cm³/mol. The lowest BCUT2D eigenvalue weighted by Gasteiger charge is -2.36. The number of carbonyl (C=O) groups excluding carboxylic acids is 2. The number of rotatable bonds is 4. The molecule has 1 unspecified atom stereocenters. The van der Waals surface area contributed by atoms with Crippen molar-refractivity contribution in [3.8, 4) is 11.3 Å². The van der Waals surface area contributed by atoms with Gasteiger partial charge in [-0.25, -0.2) is 9.97 Å². The van der Waals surface area contributed by atoms with Gasteiger partial charge in [0.25, 0.3) is 0 Å². The Kier molecular flexibility index (Phi) is 6.09. The van der Waals surface area contributed by atoms with Gasteiger partial charge in [-0.15, -0.1) is 0 Å². The van der Waals surface area contributed by atoms with E-state index in [1.807, 2.05) is 65.6 Å². The highest BCUT2D eigenvalue weighted by molar-refractivity contribution is 9.10. The Morgan fingerprint density at radius 3 is 2.48 bits per heavy atom. The number of aromatic nitrogens is 2. The number of hydrogen-bond donors (Lipinski definition) is 0. The molecule has 1 atom stereocenters. The van der Waals surface area contributed by atoms with E-state index in [1.54, 1.807) is 11.2 Å². The molecule has 2 aliphatic heterocycles. The average Bonchev–Trinajstić information content (AvgIpc) is 3.26. The highest BCUT2D eigenvalue weighted by Crippen LogP contribution is 2.29. The quantitative estimate of drug-likeness (QED) is 0.541. The lowest BCUT2D eigenvalue weighted by molar-refractivity contribution is -0.136. The van der Waals surface area contributed by atoms with E-state index in [0.29, 0.717) is 32.7 Å². The minimum absolute atomic E-state index is 0.000451. The molecule has 3 heterocycles. The second-order valence-electron chi connectivity index (χ2n) is 8.33. The largest absolute Gasteiger partial charge is 0.353 e. The molecule has 0 N–H and O–H groups in total.